The fourth-order valence-electron chi connectivity index (χ4n) is 2.56. The van der Waals surface area contributed by atoms with E-state index in [0.717, 1.165) is 30.0 Å². The van der Waals surface area contributed by atoms with Crippen molar-refractivity contribution in [2.45, 2.75) is 0 Å². The maximum Gasteiger partial charge on any atom is 0.186 e. The molecule has 1 aliphatic heterocycles. The van der Waals surface area contributed by atoms with E-state index >= 15 is 0 Å². The van der Waals surface area contributed by atoms with Crippen LogP contribution >= 0.6 is 11.3 Å². The Bertz CT molecular complexity index is 834. The summed E-state index contributed by atoms with van der Waals surface area (Å²) in [7, 11) is 0. The summed E-state index contributed by atoms with van der Waals surface area (Å²) in [5.41, 5.74) is 0.237. The maximum absolute atomic E-state index is 13.7. The van der Waals surface area contributed by atoms with Crippen LogP contribution in [0.4, 0.5) is 13.9 Å². The lowest BCUT2D eigenvalue weighted by atomic mass is 10.0. The molecule has 1 fully saturated rings. The van der Waals surface area contributed by atoms with Crippen LogP contribution < -0.4 is 9.64 Å². The molecule has 2 aromatic heterocycles. The Morgan fingerprint density at radius 3 is 2.96 bits per heavy atom. The van der Waals surface area contributed by atoms with Gasteiger partial charge in [-0.15, -0.1) is 0 Å². The minimum absolute atomic E-state index is 0.237. The topological polar surface area (TPSA) is 38.2 Å². The fraction of sp³-hybridized carbons (Fsp3) is 0.250. The van der Waals surface area contributed by atoms with E-state index in [1.54, 1.807) is 12.4 Å². The van der Waals surface area contributed by atoms with E-state index in [4.69, 9.17) is 4.74 Å². The molecule has 118 valence electrons. The van der Waals surface area contributed by atoms with E-state index < -0.39 is 11.6 Å². The van der Waals surface area contributed by atoms with Crippen LogP contribution in [0.3, 0.4) is 0 Å². The average Bonchev–Trinajstić information content (AvgIpc) is 2.90. The molecule has 0 saturated carbocycles. The zero-order valence-corrected chi connectivity index (χ0v) is 12.9. The van der Waals surface area contributed by atoms with Gasteiger partial charge in [0.15, 0.2) is 10.9 Å². The SMILES string of the molecule is Fc1cc(F)c2nc(N3CC(COc4cccnc4)C3)sc2c1. The largest absolute Gasteiger partial charge is 0.492 e. The number of nitrogens with zero attached hydrogens (tertiary/aromatic N) is 3. The number of ether oxygens (including phenoxy) is 1. The van der Waals surface area contributed by atoms with Gasteiger partial charge in [0.2, 0.25) is 0 Å². The first-order valence-electron chi connectivity index (χ1n) is 7.22. The molecule has 3 heterocycles. The van der Waals surface area contributed by atoms with Gasteiger partial charge in [-0.3, -0.25) is 4.98 Å². The van der Waals surface area contributed by atoms with E-state index in [1.165, 1.54) is 17.4 Å². The van der Waals surface area contributed by atoms with Crippen molar-refractivity contribution >= 4 is 26.7 Å². The molecular weight excluding hydrogens is 320 g/mol. The van der Waals surface area contributed by atoms with Crippen molar-refractivity contribution in [2.24, 2.45) is 5.92 Å². The third kappa shape index (κ3) is 2.84. The van der Waals surface area contributed by atoms with E-state index in [2.05, 4.69) is 14.9 Å². The Kier molecular flexibility index (Phi) is 3.57. The number of anilines is 1. The van der Waals surface area contributed by atoms with Gasteiger partial charge in [-0.1, -0.05) is 11.3 Å². The number of hydrogen-bond donors (Lipinski definition) is 0. The normalized spacial score (nSPS) is 15.0. The first-order chi connectivity index (χ1) is 11.2. The third-order valence-electron chi connectivity index (χ3n) is 3.75. The van der Waals surface area contributed by atoms with Crippen molar-refractivity contribution in [3.05, 3.63) is 48.3 Å². The second-order valence-corrected chi connectivity index (χ2v) is 6.51. The van der Waals surface area contributed by atoms with Crippen LogP contribution in [0.5, 0.6) is 5.75 Å². The van der Waals surface area contributed by atoms with Crippen LogP contribution in [0.15, 0.2) is 36.7 Å². The Morgan fingerprint density at radius 2 is 2.17 bits per heavy atom. The van der Waals surface area contributed by atoms with E-state index in [0.29, 0.717) is 17.2 Å². The zero-order chi connectivity index (χ0) is 15.8. The lowest BCUT2D eigenvalue weighted by Crippen LogP contribution is -2.49. The van der Waals surface area contributed by atoms with E-state index in [9.17, 15) is 8.78 Å². The molecule has 0 spiro atoms. The minimum Gasteiger partial charge on any atom is -0.492 e. The Labute approximate surface area is 135 Å². The summed E-state index contributed by atoms with van der Waals surface area (Å²) in [6.45, 7) is 2.20. The molecule has 1 aromatic carbocycles. The summed E-state index contributed by atoms with van der Waals surface area (Å²) >= 11 is 1.31. The highest BCUT2D eigenvalue weighted by Crippen LogP contribution is 2.34. The second kappa shape index (κ2) is 5.73. The first kappa shape index (κ1) is 14.3. The predicted octanol–water partition coefficient (Wildman–Crippen LogP) is 3.48. The summed E-state index contributed by atoms with van der Waals surface area (Å²) < 4.78 is 33.1. The van der Waals surface area contributed by atoms with Crippen molar-refractivity contribution in [3.8, 4) is 5.75 Å². The molecule has 1 aliphatic rings. The van der Waals surface area contributed by atoms with Crippen LogP contribution in [0, 0.1) is 17.6 Å². The van der Waals surface area contributed by atoms with Gasteiger partial charge in [-0.25, -0.2) is 13.8 Å². The quantitative estimate of drug-likeness (QED) is 0.733. The molecular formula is C16H13F2N3OS. The van der Waals surface area contributed by atoms with Gasteiger partial charge in [0.25, 0.3) is 0 Å². The van der Waals surface area contributed by atoms with Gasteiger partial charge >= 0.3 is 0 Å². The molecule has 7 heteroatoms. The maximum atomic E-state index is 13.7. The molecule has 4 nitrogen and oxygen atoms in total. The molecule has 0 atom stereocenters. The molecule has 0 unspecified atom stereocenters. The second-order valence-electron chi connectivity index (χ2n) is 5.50. The van der Waals surface area contributed by atoms with Crippen LogP contribution in [-0.2, 0) is 0 Å². The van der Waals surface area contributed by atoms with Crippen molar-refractivity contribution in [2.75, 3.05) is 24.6 Å². The number of halogens is 2. The summed E-state index contributed by atoms with van der Waals surface area (Å²) in [6.07, 6.45) is 3.38. The summed E-state index contributed by atoms with van der Waals surface area (Å²) in [6, 6.07) is 5.89. The average molecular weight is 333 g/mol. The molecule has 3 aromatic rings. The third-order valence-corrected chi connectivity index (χ3v) is 4.81. The molecule has 23 heavy (non-hydrogen) atoms. The molecule has 0 bridgehead atoms. The van der Waals surface area contributed by atoms with Gasteiger partial charge < -0.3 is 9.64 Å². The molecule has 0 N–H and O–H groups in total. The van der Waals surface area contributed by atoms with Crippen LogP contribution in [-0.4, -0.2) is 29.7 Å². The lowest BCUT2D eigenvalue weighted by Gasteiger charge is -2.38. The monoisotopic (exact) mass is 333 g/mol. The van der Waals surface area contributed by atoms with Gasteiger partial charge in [0, 0.05) is 31.3 Å². The molecule has 1 saturated heterocycles. The number of pyridine rings is 1. The Morgan fingerprint density at radius 1 is 1.30 bits per heavy atom. The van der Waals surface area contributed by atoms with E-state index in [1.807, 2.05) is 12.1 Å². The smallest absolute Gasteiger partial charge is 0.186 e. The van der Waals surface area contributed by atoms with Crippen molar-refractivity contribution in [1.29, 1.82) is 0 Å². The molecule has 0 amide bonds. The number of rotatable bonds is 4. The number of thiazole rings is 1. The zero-order valence-electron chi connectivity index (χ0n) is 12.1. The summed E-state index contributed by atoms with van der Waals surface area (Å²) in [4.78, 5) is 10.3. The minimum atomic E-state index is -0.612. The molecule has 0 aliphatic carbocycles. The lowest BCUT2D eigenvalue weighted by molar-refractivity contribution is 0.220. The summed E-state index contributed by atoms with van der Waals surface area (Å²) in [5.74, 6) is -0.0386. The van der Waals surface area contributed by atoms with Gasteiger partial charge in [-0.05, 0) is 18.2 Å². The number of benzene rings is 1. The fourth-order valence-corrected chi connectivity index (χ4v) is 3.58. The predicted molar refractivity (Wildman–Crippen MR) is 85.0 cm³/mol. The summed E-state index contributed by atoms with van der Waals surface area (Å²) in [5, 5.41) is 0.724. The Hall–Kier alpha value is -2.28. The molecule has 0 radical (unpaired) electrons. The van der Waals surface area contributed by atoms with Crippen LogP contribution in [0.25, 0.3) is 10.2 Å². The number of hydrogen-bond acceptors (Lipinski definition) is 5. The van der Waals surface area contributed by atoms with Gasteiger partial charge in [-0.2, -0.15) is 0 Å². The van der Waals surface area contributed by atoms with Crippen molar-refractivity contribution < 1.29 is 13.5 Å². The first-order valence-corrected chi connectivity index (χ1v) is 8.04. The van der Waals surface area contributed by atoms with Crippen molar-refractivity contribution in [3.63, 3.8) is 0 Å². The van der Waals surface area contributed by atoms with Crippen molar-refractivity contribution in [1.82, 2.24) is 9.97 Å². The highest BCUT2D eigenvalue weighted by atomic mass is 32.1. The highest BCUT2D eigenvalue weighted by molar-refractivity contribution is 7.22. The number of fused-ring (bicyclic) bond motifs is 1. The molecule has 4 rings (SSSR count). The van der Waals surface area contributed by atoms with Gasteiger partial charge in [0.1, 0.15) is 17.1 Å². The van der Waals surface area contributed by atoms with Crippen LogP contribution in [0.2, 0.25) is 0 Å². The van der Waals surface area contributed by atoms with Gasteiger partial charge in [0.05, 0.1) is 17.5 Å². The standard InChI is InChI=1S/C16H13F2N3OS/c17-11-4-13(18)15-14(5-11)23-16(20-15)21-7-10(8-21)9-22-12-2-1-3-19-6-12/h1-6,10H,7-9H2. The Balaban J connectivity index is 1.39. The van der Waals surface area contributed by atoms with E-state index in [-0.39, 0.29) is 5.52 Å². The van der Waals surface area contributed by atoms with Crippen LogP contribution in [0.1, 0.15) is 0 Å². The number of aromatic nitrogens is 2. The highest BCUT2D eigenvalue weighted by Gasteiger charge is 2.30.